The van der Waals surface area contributed by atoms with Gasteiger partial charge in [0, 0.05) is 25.9 Å². The Morgan fingerprint density at radius 2 is 2.35 bits per heavy atom. The number of aliphatic hydroxyl groups is 1. The van der Waals surface area contributed by atoms with Crippen molar-refractivity contribution in [3.63, 3.8) is 0 Å². The lowest BCUT2D eigenvalue weighted by molar-refractivity contribution is 0.276. The zero-order valence-corrected chi connectivity index (χ0v) is 9.28. The first-order valence-corrected chi connectivity index (χ1v) is 5.34. The smallest absolute Gasteiger partial charge is 0.213 e. The Morgan fingerprint density at radius 1 is 1.41 bits per heavy atom. The molecular weight excluding hydrogens is 224 g/mol. The summed E-state index contributed by atoms with van der Waals surface area (Å²) in [6.45, 7) is 1.95. The van der Waals surface area contributed by atoms with Crippen molar-refractivity contribution < 1.29 is 9.63 Å². The maximum Gasteiger partial charge on any atom is 0.213 e. The maximum atomic E-state index is 8.68. The average Bonchev–Trinajstić information content (AvgIpc) is 2.98. The molecule has 0 saturated heterocycles. The number of nitrogens with zero attached hydrogens (tertiary/aromatic N) is 5. The predicted octanol–water partition coefficient (Wildman–Crippen LogP) is -0.667. The lowest BCUT2D eigenvalue weighted by Gasteiger charge is -1.97. The molecule has 0 aliphatic rings. The second-order valence-corrected chi connectivity index (χ2v) is 3.50. The summed E-state index contributed by atoms with van der Waals surface area (Å²) in [6.07, 6.45) is 3.82. The topological polar surface area (TPSA) is 102 Å². The molecule has 17 heavy (non-hydrogen) atoms. The monoisotopic (exact) mass is 238 g/mol. The van der Waals surface area contributed by atoms with E-state index < -0.39 is 0 Å². The summed E-state index contributed by atoms with van der Waals surface area (Å²) in [7, 11) is 0. The normalized spacial score (nSPS) is 10.9. The molecule has 0 spiro atoms. The Kier molecular flexibility index (Phi) is 4.17. The van der Waals surface area contributed by atoms with E-state index in [1.54, 1.807) is 4.68 Å². The fraction of sp³-hybridized carbons (Fsp3) is 0.556. The average molecular weight is 238 g/mol. The highest BCUT2D eigenvalue weighted by Gasteiger charge is 2.02. The summed E-state index contributed by atoms with van der Waals surface area (Å²) < 4.78 is 6.32. The van der Waals surface area contributed by atoms with Gasteiger partial charge in [0.1, 0.15) is 0 Å². The van der Waals surface area contributed by atoms with E-state index in [0.717, 1.165) is 5.69 Å². The molecule has 2 N–H and O–H groups in total. The summed E-state index contributed by atoms with van der Waals surface area (Å²) in [5.41, 5.74) is 0.839. The van der Waals surface area contributed by atoms with E-state index >= 15 is 0 Å². The standard InChI is InChI=1S/C9H14N6O2/c16-3-1-2-15-6-8(12-14-15)4-10-5-9-11-7-17-13-9/h6-7,10,16H,1-5H2. The summed E-state index contributed by atoms with van der Waals surface area (Å²) in [5, 5.41) is 23.4. The van der Waals surface area contributed by atoms with Crippen LogP contribution < -0.4 is 5.32 Å². The van der Waals surface area contributed by atoms with Gasteiger partial charge in [-0.1, -0.05) is 10.4 Å². The summed E-state index contributed by atoms with van der Waals surface area (Å²) in [4.78, 5) is 3.88. The molecule has 8 nitrogen and oxygen atoms in total. The summed E-state index contributed by atoms with van der Waals surface area (Å²) in [6, 6.07) is 0. The Balaban J connectivity index is 1.73. The van der Waals surface area contributed by atoms with Gasteiger partial charge >= 0.3 is 0 Å². The van der Waals surface area contributed by atoms with Crippen molar-refractivity contribution in [1.82, 2.24) is 30.5 Å². The van der Waals surface area contributed by atoms with E-state index in [1.165, 1.54) is 6.39 Å². The van der Waals surface area contributed by atoms with Gasteiger partial charge in [-0.3, -0.25) is 4.68 Å². The van der Waals surface area contributed by atoms with Gasteiger partial charge in [-0.2, -0.15) is 4.98 Å². The second kappa shape index (κ2) is 6.06. The Labute approximate surface area is 97.6 Å². The van der Waals surface area contributed by atoms with Gasteiger partial charge < -0.3 is 14.9 Å². The maximum absolute atomic E-state index is 8.68. The third-order valence-corrected chi connectivity index (χ3v) is 2.13. The number of nitrogens with one attached hydrogen (secondary N) is 1. The molecule has 0 atom stereocenters. The number of hydrogen-bond acceptors (Lipinski definition) is 7. The number of aromatic nitrogens is 5. The van der Waals surface area contributed by atoms with E-state index in [0.29, 0.717) is 31.9 Å². The van der Waals surface area contributed by atoms with Crippen LogP contribution in [0, 0.1) is 0 Å². The first-order valence-electron chi connectivity index (χ1n) is 5.34. The Bertz CT molecular complexity index is 426. The highest BCUT2D eigenvalue weighted by molar-refractivity contribution is 4.92. The van der Waals surface area contributed by atoms with Crippen molar-refractivity contribution in [3.05, 3.63) is 24.1 Å². The molecule has 0 unspecified atom stereocenters. The van der Waals surface area contributed by atoms with Gasteiger partial charge in [-0.25, -0.2) is 0 Å². The molecule has 0 aliphatic heterocycles. The number of aliphatic hydroxyl groups excluding tert-OH is 1. The van der Waals surface area contributed by atoms with Crippen LogP contribution in [0.1, 0.15) is 17.9 Å². The van der Waals surface area contributed by atoms with Crippen molar-refractivity contribution in [1.29, 1.82) is 0 Å². The van der Waals surface area contributed by atoms with Crippen molar-refractivity contribution in [2.75, 3.05) is 6.61 Å². The molecule has 8 heteroatoms. The van der Waals surface area contributed by atoms with Crippen LogP contribution in [0.25, 0.3) is 0 Å². The molecule has 0 saturated carbocycles. The molecule has 0 fully saturated rings. The lowest BCUT2D eigenvalue weighted by Crippen LogP contribution is -2.13. The van der Waals surface area contributed by atoms with Crippen LogP contribution in [-0.4, -0.2) is 36.8 Å². The van der Waals surface area contributed by atoms with Crippen LogP contribution in [-0.2, 0) is 19.6 Å². The molecular formula is C9H14N6O2. The Morgan fingerprint density at radius 3 is 3.12 bits per heavy atom. The number of aryl methyl sites for hydroxylation is 1. The van der Waals surface area contributed by atoms with Crippen LogP contribution in [0.2, 0.25) is 0 Å². The summed E-state index contributed by atoms with van der Waals surface area (Å²) in [5.74, 6) is 0.609. The van der Waals surface area contributed by atoms with Crippen LogP contribution in [0.15, 0.2) is 17.1 Å². The fourth-order valence-electron chi connectivity index (χ4n) is 1.33. The molecule has 0 aliphatic carbocycles. The van der Waals surface area contributed by atoms with Gasteiger partial charge in [0.2, 0.25) is 6.39 Å². The molecule has 0 aromatic carbocycles. The molecule has 0 radical (unpaired) electrons. The van der Waals surface area contributed by atoms with Crippen molar-refractivity contribution in [2.24, 2.45) is 0 Å². The highest BCUT2D eigenvalue weighted by Crippen LogP contribution is 1.95. The van der Waals surface area contributed by atoms with Gasteiger partial charge in [0.15, 0.2) is 5.82 Å². The van der Waals surface area contributed by atoms with E-state index in [1.807, 2.05) is 6.20 Å². The van der Waals surface area contributed by atoms with E-state index in [4.69, 9.17) is 5.11 Å². The third-order valence-electron chi connectivity index (χ3n) is 2.13. The quantitative estimate of drug-likeness (QED) is 0.659. The summed E-state index contributed by atoms with van der Waals surface area (Å²) >= 11 is 0. The first kappa shape index (κ1) is 11.7. The number of hydrogen-bond donors (Lipinski definition) is 2. The minimum Gasteiger partial charge on any atom is -0.396 e. The fourth-order valence-corrected chi connectivity index (χ4v) is 1.33. The zero-order chi connectivity index (χ0) is 11.9. The van der Waals surface area contributed by atoms with Crippen LogP contribution in [0.3, 0.4) is 0 Å². The van der Waals surface area contributed by atoms with Crippen molar-refractivity contribution >= 4 is 0 Å². The van der Waals surface area contributed by atoms with Gasteiger partial charge in [-0.15, -0.1) is 5.10 Å². The van der Waals surface area contributed by atoms with Gasteiger partial charge in [0.25, 0.3) is 0 Å². The molecule has 2 heterocycles. The van der Waals surface area contributed by atoms with Gasteiger partial charge in [0.05, 0.1) is 12.2 Å². The van der Waals surface area contributed by atoms with E-state index in [-0.39, 0.29) is 6.61 Å². The third kappa shape index (κ3) is 3.61. The minimum absolute atomic E-state index is 0.158. The SMILES string of the molecule is OCCCn1cc(CNCc2ncon2)nn1. The van der Waals surface area contributed by atoms with Crippen molar-refractivity contribution in [2.45, 2.75) is 26.1 Å². The van der Waals surface area contributed by atoms with Crippen LogP contribution in [0.5, 0.6) is 0 Å². The molecule has 2 aromatic heterocycles. The number of rotatable bonds is 7. The molecule has 92 valence electrons. The van der Waals surface area contributed by atoms with Gasteiger partial charge in [-0.05, 0) is 6.42 Å². The predicted molar refractivity (Wildman–Crippen MR) is 56.6 cm³/mol. The highest BCUT2D eigenvalue weighted by atomic mass is 16.5. The largest absolute Gasteiger partial charge is 0.396 e. The second-order valence-electron chi connectivity index (χ2n) is 3.50. The minimum atomic E-state index is 0.158. The molecule has 0 amide bonds. The van der Waals surface area contributed by atoms with E-state index in [2.05, 4.69) is 30.3 Å². The lowest BCUT2D eigenvalue weighted by atomic mass is 10.4. The van der Waals surface area contributed by atoms with Crippen LogP contribution >= 0.6 is 0 Å². The van der Waals surface area contributed by atoms with E-state index in [9.17, 15) is 0 Å². The van der Waals surface area contributed by atoms with Crippen LogP contribution in [0.4, 0.5) is 0 Å². The zero-order valence-electron chi connectivity index (χ0n) is 9.28. The molecule has 2 rings (SSSR count). The Hall–Kier alpha value is -1.80. The first-order chi connectivity index (χ1) is 8.38. The molecule has 2 aromatic rings. The van der Waals surface area contributed by atoms with Crippen molar-refractivity contribution in [3.8, 4) is 0 Å². The molecule has 0 bridgehead atoms.